The van der Waals surface area contributed by atoms with Crippen molar-refractivity contribution in [3.63, 3.8) is 0 Å². The molecule has 1 unspecified atom stereocenters. The van der Waals surface area contributed by atoms with E-state index in [1.807, 2.05) is 6.07 Å². The molecule has 4 heteroatoms. The first-order chi connectivity index (χ1) is 9.25. The highest BCUT2D eigenvalue weighted by atomic mass is 15.2. The van der Waals surface area contributed by atoms with Crippen LogP contribution in [-0.2, 0) is 13.6 Å². The molecule has 1 saturated heterocycles. The highest BCUT2D eigenvalue weighted by Gasteiger charge is 2.20. The highest BCUT2D eigenvalue weighted by Crippen LogP contribution is 2.15. The van der Waals surface area contributed by atoms with Crippen molar-refractivity contribution < 1.29 is 0 Å². The summed E-state index contributed by atoms with van der Waals surface area (Å²) in [7, 11) is 4.31. The molecule has 1 aliphatic heterocycles. The summed E-state index contributed by atoms with van der Waals surface area (Å²) in [6.07, 6.45) is 2.64. The van der Waals surface area contributed by atoms with Gasteiger partial charge in [-0.3, -0.25) is 0 Å². The molecule has 0 amide bonds. The summed E-state index contributed by atoms with van der Waals surface area (Å²) in [5, 5.41) is 3.55. The maximum atomic E-state index is 4.68. The molecule has 0 saturated carbocycles. The Morgan fingerprint density at radius 1 is 1.32 bits per heavy atom. The van der Waals surface area contributed by atoms with Crippen LogP contribution in [0.1, 0.15) is 18.7 Å². The molecule has 1 aliphatic rings. The minimum absolute atomic E-state index is 0.690. The van der Waals surface area contributed by atoms with Crippen LogP contribution in [0.4, 0.5) is 0 Å². The summed E-state index contributed by atoms with van der Waals surface area (Å²) < 4.78 is 2.18. The molecule has 3 rings (SSSR count). The zero-order valence-electron chi connectivity index (χ0n) is 11.8. The van der Waals surface area contributed by atoms with Crippen LogP contribution < -0.4 is 5.32 Å². The third kappa shape index (κ3) is 2.51. The summed E-state index contributed by atoms with van der Waals surface area (Å²) in [5.74, 6) is 1.11. The Kier molecular flexibility index (Phi) is 3.53. The fraction of sp³-hybridized carbons (Fsp3) is 0.533. The number of likely N-dealkylation sites (N-methyl/N-ethyl adjacent to an activating group) is 1. The van der Waals surface area contributed by atoms with Gasteiger partial charge in [-0.25, -0.2) is 4.98 Å². The fourth-order valence-corrected chi connectivity index (χ4v) is 2.94. The van der Waals surface area contributed by atoms with E-state index in [2.05, 4.69) is 52.1 Å². The van der Waals surface area contributed by atoms with Crippen molar-refractivity contribution in [1.29, 1.82) is 0 Å². The average Bonchev–Trinajstić information content (AvgIpc) is 2.96. The van der Waals surface area contributed by atoms with Crippen molar-refractivity contribution in [2.24, 2.45) is 7.05 Å². The van der Waals surface area contributed by atoms with Crippen LogP contribution in [0.2, 0.25) is 0 Å². The van der Waals surface area contributed by atoms with Gasteiger partial charge in [0.1, 0.15) is 5.82 Å². The quantitative estimate of drug-likeness (QED) is 0.907. The Bertz CT molecular complexity index is 560. The van der Waals surface area contributed by atoms with Gasteiger partial charge in [0.25, 0.3) is 0 Å². The number of para-hydroxylation sites is 2. The molecule has 102 valence electrons. The van der Waals surface area contributed by atoms with Crippen molar-refractivity contribution >= 4 is 11.0 Å². The number of nitrogens with one attached hydrogen (secondary N) is 1. The molecule has 1 atom stereocenters. The average molecular weight is 258 g/mol. The summed E-state index contributed by atoms with van der Waals surface area (Å²) in [6, 6.07) is 8.99. The zero-order valence-corrected chi connectivity index (χ0v) is 11.8. The van der Waals surface area contributed by atoms with E-state index in [0.717, 1.165) is 24.4 Å². The third-order valence-corrected chi connectivity index (χ3v) is 4.21. The number of benzene rings is 1. The first-order valence-electron chi connectivity index (χ1n) is 7.07. The number of aryl methyl sites for hydroxylation is 1. The number of fused-ring (bicyclic) bond motifs is 1. The summed E-state index contributed by atoms with van der Waals surface area (Å²) in [4.78, 5) is 7.13. The minimum Gasteiger partial charge on any atom is -0.330 e. The second-order valence-corrected chi connectivity index (χ2v) is 5.48. The maximum absolute atomic E-state index is 4.68. The van der Waals surface area contributed by atoms with E-state index in [1.54, 1.807) is 0 Å². The number of likely N-dealkylation sites (tertiary alicyclic amines) is 1. The third-order valence-electron chi connectivity index (χ3n) is 4.21. The minimum atomic E-state index is 0.690. The van der Waals surface area contributed by atoms with Crippen LogP contribution in [0, 0.1) is 0 Å². The molecule has 4 nitrogen and oxygen atoms in total. The largest absolute Gasteiger partial charge is 0.330 e. The first-order valence-corrected chi connectivity index (χ1v) is 7.07. The van der Waals surface area contributed by atoms with Gasteiger partial charge in [0.2, 0.25) is 0 Å². The molecule has 1 N–H and O–H groups in total. The van der Waals surface area contributed by atoms with E-state index in [-0.39, 0.29) is 0 Å². The van der Waals surface area contributed by atoms with Crippen molar-refractivity contribution in [1.82, 2.24) is 19.8 Å². The van der Waals surface area contributed by atoms with Crippen LogP contribution in [0.15, 0.2) is 24.3 Å². The van der Waals surface area contributed by atoms with Gasteiger partial charge in [0, 0.05) is 19.6 Å². The van der Waals surface area contributed by atoms with Gasteiger partial charge >= 0.3 is 0 Å². The van der Waals surface area contributed by atoms with Gasteiger partial charge in [-0.1, -0.05) is 12.1 Å². The van der Waals surface area contributed by atoms with Crippen LogP contribution in [0.25, 0.3) is 11.0 Å². The monoisotopic (exact) mass is 258 g/mol. The van der Waals surface area contributed by atoms with E-state index in [0.29, 0.717) is 6.04 Å². The molecule has 2 heterocycles. The van der Waals surface area contributed by atoms with Crippen molar-refractivity contribution in [2.45, 2.75) is 25.4 Å². The Labute approximate surface area is 114 Å². The van der Waals surface area contributed by atoms with Gasteiger partial charge < -0.3 is 14.8 Å². The Balaban J connectivity index is 1.63. The lowest BCUT2D eigenvalue weighted by molar-refractivity contribution is 0.299. The van der Waals surface area contributed by atoms with E-state index < -0.39 is 0 Å². The number of aromatic nitrogens is 2. The van der Waals surface area contributed by atoms with Gasteiger partial charge in [-0.05, 0) is 38.6 Å². The number of imidazole rings is 1. The van der Waals surface area contributed by atoms with Crippen LogP contribution in [0.3, 0.4) is 0 Å². The van der Waals surface area contributed by atoms with E-state index in [1.165, 1.54) is 24.9 Å². The van der Waals surface area contributed by atoms with Crippen molar-refractivity contribution in [2.75, 3.05) is 20.1 Å². The molecule has 1 aromatic heterocycles. The van der Waals surface area contributed by atoms with Gasteiger partial charge in [-0.2, -0.15) is 0 Å². The Morgan fingerprint density at radius 3 is 2.89 bits per heavy atom. The molecule has 1 aromatic carbocycles. The molecule has 19 heavy (non-hydrogen) atoms. The SMILES string of the molecule is CN1CCCC1CNCc1nc2ccccc2n1C. The maximum Gasteiger partial charge on any atom is 0.123 e. The van der Waals surface area contributed by atoms with E-state index >= 15 is 0 Å². The fourth-order valence-electron chi connectivity index (χ4n) is 2.94. The number of hydrogen-bond donors (Lipinski definition) is 1. The highest BCUT2D eigenvalue weighted by molar-refractivity contribution is 5.75. The molecule has 1 fully saturated rings. The molecule has 0 bridgehead atoms. The van der Waals surface area contributed by atoms with E-state index in [9.17, 15) is 0 Å². The molecule has 0 spiro atoms. The molecule has 0 aliphatic carbocycles. The molecular weight excluding hydrogens is 236 g/mol. The lowest BCUT2D eigenvalue weighted by Crippen LogP contribution is -2.35. The lowest BCUT2D eigenvalue weighted by atomic mass is 10.2. The Hall–Kier alpha value is -1.39. The standard InChI is InChI=1S/C15H22N4/c1-18-9-5-6-12(18)10-16-11-15-17-13-7-3-4-8-14(13)19(15)2/h3-4,7-8,12,16H,5-6,9-11H2,1-2H3. The van der Waals surface area contributed by atoms with Crippen LogP contribution >= 0.6 is 0 Å². The summed E-state index contributed by atoms with van der Waals surface area (Å²) >= 11 is 0. The summed E-state index contributed by atoms with van der Waals surface area (Å²) in [6.45, 7) is 3.13. The predicted molar refractivity (Wildman–Crippen MR) is 78.1 cm³/mol. The lowest BCUT2D eigenvalue weighted by Gasteiger charge is -2.19. The van der Waals surface area contributed by atoms with Gasteiger partial charge in [0.05, 0.1) is 17.6 Å². The van der Waals surface area contributed by atoms with Gasteiger partial charge in [-0.15, -0.1) is 0 Å². The topological polar surface area (TPSA) is 33.1 Å². The Morgan fingerprint density at radius 2 is 2.16 bits per heavy atom. The van der Waals surface area contributed by atoms with Gasteiger partial charge in [0.15, 0.2) is 0 Å². The number of nitrogens with zero attached hydrogens (tertiary/aromatic N) is 3. The van der Waals surface area contributed by atoms with E-state index in [4.69, 9.17) is 0 Å². The normalized spacial score (nSPS) is 20.4. The van der Waals surface area contributed by atoms with Crippen LogP contribution in [0.5, 0.6) is 0 Å². The van der Waals surface area contributed by atoms with Crippen molar-refractivity contribution in [3.05, 3.63) is 30.1 Å². The smallest absolute Gasteiger partial charge is 0.123 e. The predicted octanol–water partition coefficient (Wildman–Crippen LogP) is 1.76. The number of rotatable bonds is 4. The van der Waals surface area contributed by atoms with Crippen LogP contribution in [-0.4, -0.2) is 40.6 Å². The number of hydrogen-bond acceptors (Lipinski definition) is 3. The molecule has 0 radical (unpaired) electrons. The second kappa shape index (κ2) is 5.31. The zero-order chi connectivity index (χ0) is 13.2. The van der Waals surface area contributed by atoms with Crippen molar-refractivity contribution in [3.8, 4) is 0 Å². The summed E-state index contributed by atoms with van der Waals surface area (Å²) in [5.41, 5.74) is 2.29. The second-order valence-electron chi connectivity index (χ2n) is 5.48. The molecular formula is C15H22N4. The molecule has 2 aromatic rings. The first kappa shape index (κ1) is 12.6.